The predicted molar refractivity (Wildman–Crippen MR) is 192 cm³/mol. The van der Waals surface area contributed by atoms with Gasteiger partial charge in [0.15, 0.2) is 0 Å². The Hall–Kier alpha value is -3.95. The Morgan fingerprint density at radius 3 is 2.15 bits per heavy atom. The van der Waals surface area contributed by atoms with E-state index in [1.54, 1.807) is 30.3 Å². The highest BCUT2D eigenvalue weighted by atomic mass is 35.5. The molecule has 3 N–H and O–H groups in total. The molecular formula is C37H38Cl2N2O5S. The molecule has 0 saturated heterocycles. The number of carbonyl (C=O) groups excluding carboxylic acids is 2. The Morgan fingerprint density at radius 2 is 1.55 bits per heavy atom. The lowest BCUT2D eigenvalue weighted by Gasteiger charge is -2.19. The van der Waals surface area contributed by atoms with E-state index in [0.29, 0.717) is 27.7 Å². The second-order valence-electron chi connectivity index (χ2n) is 12.5. The average Bonchev–Trinajstić information content (AvgIpc) is 2.99. The molecule has 7 nitrogen and oxygen atoms in total. The minimum Gasteiger partial charge on any atom is -0.351 e. The number of benzene rings is 4. The van der Waals surface area contributed by atoms with Crippen LogP contribution in [0, 0.1) is 12.3 Å². The molecule has 0 spiro atoms. The molecule has 10 heteroatoms. The SMILES string of the molecule is Cc1cc(Cl)ccc1-c1ccc(NC(=O)C(Cc2ccc(C(=O)NCCS(=O)(=O)O)cc2)c2ccc(/C=C/C(C)(C)C)cc2)cc1Cl. The molecular weight excluding hydrogens is 655 g/mol. The van der Waals surface area contributed by atoms with Gasteiger partial charge in [0, 0.05) is 28.4 Å². The number of carbonyl (C=O) groups is 2. The Bertz CT molecular complexity index is 1880. The molecule has 0 bridgehead atoms. The van der Waals surface area contributed by atoms with Crippen molar-refractivity contribution in [2.45, 2.75) is 40.0 Å². The van der Waals surface area contributed by atoms with Crippen LogP contribution in [-0.4, -0.2) is 37.1 Å². The molecule has 0 radical (unpaired) electrons. The molecule has 4 rings (SSSR count). The molecule has 2 amide bonds. The molecule has 0 aliphatic rings. The van der Waals surface area contributed by atoms with Crippen LogP contribution in [0.3, 0.4) is 0 Å². The van der Waals surface area contributed by atoms with Gasteiger partial charge in [0.25, 0.3) is 16.0 Å². The molecule has 0 heterocycles. The van der Waals surface area contributed by atoms with Crippen LogP contribution >= 0.6 is 23.2 Å². The quantitative estimate of drug-likeness (QED) is 0.136. The third-order valence-corrected chi connectivity index (χ3v) is 8.72. The van der Waals surface area contributed by atoms with Crippen molar-refractivity contribution in [3.8, 4) is 11.1 Å². The lowest BCUT2D eigenvalue weighted by atomic mass is 9.89. The van der Waals surface area contributed by atoms with Crippen LogP contribution in [0.25, 0.3) is 17.2 Å². The van der Waals surface area contributed by atoms with Crippen LogP contribution in [0.5, 0.6) is 0 Å². The minimum atomic E-state index is -4.18. The van der Waals surface area contributed by atoms with E-state index in [-0.39, 0.29) is 17.9 Å². The van der Waals surface area contributed by atoms with Gasteiger partial charge in [-0.2, -0.15) is 8.42 Å². The number of rotatable bonds is 11. The molecule has 0 aliphatic carbocycles. The zero-order valence-corrected chi connectivity index (χ0v) is 29.0. The first kappa shape index (κ1) is 35.9. The van der Waals surface area contributed by atoms with E-state index in [0.717, 1.165) is 33.4 Å². The summed E-state index contributed by atoms with van der Waals surface area (Å²) in [7, 11) is -4.18. The number of aryl methyl sites for hydroxylation is 1. The Kier molecular flexibility index (Phi) is 11.7. The standard InChI is InChI=1S/C37H38Cl2N2O5S/c1-24-21-29(38)13-15-31(24)32-16-14-30(23-34(32)39)41-36(43)33(27-9-5-25(6-10-27)17-18-37(2,3)4)22-26-7-11-28(12-8-26)35(42)40-19-20-47(44,45)46/h5-18,21,23,33H,19-20,22H2,1-4H3,(H,40,42)(H,41,43)(H,44,45,46)/b18-17+. The first-order valence-electron chi connectivity index (χ1n) is 15.1. The molecule has 0 fully saturated rings. The molecule has 0 saturated carbocycles. The molecule has 246 valence electrons. The molecule has 0 aliphatic heterocycles. The number of halogens is 2. The van der Waals surface area contributed by atoms with Crippen LogP contribution in [0.15, 0.2) is 91.0 Å². The van der Waals surface area contributed by atoms with Crippen LogP contribution in [0.4, 0.5) is 5.69 Å². The van der Waals surface area contributed by atoms with Crippen molar-refractivity contribution in [1.82, 2.24) is 5.32 Å². The summed E-state index contributed by atoms with van der Waals surface area (Å²) in [5, 5.41) is 6.64. The van der Waals surface area contributed by atoms with Crippen LogP contribution in [-0.2, 0) is 21.3 Å². The van der Waals surface area contributed by atoms with E-state index in [1.165, 1.54) is 0 Å². The zero-order valence-electron chi connectivity index (χ0n) is 26.7. The average molecular weight is 694 g/mol. The van der Waals surface area contributed by atoms with Gasteiger partial charge >= 0.3 is 0 Å². The monoisotopic (exact) mass is 692 g/mol. The van der Waals surface area contributed by atoms with Crippen LogP contribution < -0.4 is 10.6 Å². The summed E-state index contributed by atoms with van der Waals surface area (Å²) in [5.41, 5.74) is 6.34. The first-order chi connectivity index (χ1) is 22.1. The van der Waals surface area contributed by atoms with Gasteiger partial charge in [-0.25, -0.2) is 0 Å². The smallest absolute Gasteiger partial charge is 0.266 e. The van der Waals surface area contributed by atoms with E-state index < -0.39 is 27.7 Å². The van der Waals surface area contributed by atoms with E-state index >= 15 is 0 Å². The first-order valence-corrected chi connectivity index (χ1v) is 17.4. The number of hydrogen-bond acceptors (Lipinski definition) is 4. The van der Waals surface area contributed by atoms with Crippen molar-refractivity contribution >= 4 is 56.9 Å². The zero-order chi connectivity index (χ0) is 34.4. The van der Waals surface area contributed by atoms with Crippen molar-refractivity contribution in [3.63, 3.8) is 0 Å². The minimum absolute atomic E-state index is 0.0315. The highest BCUT2D eigenvalue weighted by Gasteiger charge is 2.22. The van der Waals surface area contributed by atoms with Crippen LogP contribution in [0.1, 0.15) is 59.3 Å². The number of anilines is 1. The molecule has 0 aromatic heterocycles. The van der Waals surface area contributed by atoms with Crippen molar-refractivity contribution in [3.05, 3.63) is 129 Å². The van der Waals surface area contributed by atoms with E-state index in [4.69, 9.17) is 27.8 Å². The Balaban J connectivity index is 1.57. The summed E-state index contributed by atoms with van der Waals surface area (Å²) in [6.07, 6.45) is 4.54. The van der Waals surface area contributed by atoms with Crippen molar-refractivity contribution in [1.29, 1.82) is 0 Å². The van der Waals surface area contributed by atoms with Crippen LogP contribution in [0.2, 0.25) is 10.0 Å². The summed E-state index contributed by atoms with van der Waals surface area (Å²) < 4.78 is 30.8. The fraction of sp³-hybridized carbons (Fsp3) is 0.243. The van der Waals surface area contributed by atoms with E-state index in [2.05, 4.69) is 43.6 Å². The van der Waals surface area contributed by atoms with E-state index in [9.17, 15) is 18.0 Å². The van der Waals surface area contributed by atoms with Gasteiger partial charge in [-0.1, -0.05) is 105 Å². The number of allylic oxidation sites excluding steroid dienone is 1. The molecule has 4 aromatic rings. The molecule has 47 heavy (non-hydrogen) atoms. The summed E-state index contributed by atoms with van der Waals surface area (Å²) in [6, 6.07) is 25.7. The Labute approximate surface area is 286 Å². The largest absolute Gasteiger partial charge is 0.351 e. The summed E-state index contributed by atoms with van der Waals surface area (Å²) in [6.45, 7) is 8.13. The molecule has 4 aromatic carbocycles. The fourth-order valence-electron chi connectivity index (χ4n) is 4.94. The van der Waals surface area contributed by atoms with Gasteiger partial charge in [-0.3, -0.25) is 14.1 Å². The number of hydrogen-bond donors (Lipinski definition) is 3. The van der Waals surface area contributed by atoms with Gasteiger partial charge in [-0.15, -0.1) is 0 Å². The lowest BCUT2D eigenvalue weighted by molar-refractivity contribution is -0.117. The van der Waals surface area contributed by atoms with Gasteiger partial charge in [0.05, 0.1) is 16.7 Å². The Morgan fingerprint density at radius 1 is 0.894 bits per heavy atom. The van der Waals surface area contributed by atoms with Crippen molar-refractivity contribution < 1.29 is 22.6 Å². The van der Waals surface area contributed by atoms with Gasteiger partial charge < -0.3 is 10.6 Å². The summed E-state index contributed by atoms with van der Waals surface area (Å²) >= 11 is 12.8. The lowest BCUT2D eigenvalue weighted by Crippen LogP contribution is -2.28. The van der Waals surface area contributed by atoms with Crippen molar-refractivity contribution in [2.24, 2.45) is 5.41 Å². The maximum atomic E-state index is 13.9. The van der Waals surface area contributed by atoms with Gasteiger partial charge in [0.1, 0.15) is 0 Å². The highest BCUT2D eigenvalue weighted by molar-refractivity contribution is 7.85. The predicted octanol–water partition coefficient (Wildman–Crippen LogP) is 8.61. The second kappa shape index (κ2) is 15.3. The summed E-state index contributed by atoms with van der Waals surface area (Å²) in [4.78, 5) is 26.3. The van der Waals surface area contributed by atoms with Gasteiger partial charge in [0.2, 0.25) is 5.91 Å². The van der Waals surface area contributed by atoms with Gasteiger partial charge in [-0.05, 0) is 83.0 Å². The molecule has 1 atom stereocenters. The second-order valence-corrected chi connectivity index (χ2v) is 14.9. The number of amides is 2. The highest BCUT2D eigenvalue weighted by Crippen LogP contribution is 2.34. The fourth-order valence-corrected chi connectivity index (χ4v) is 5.81. The normalized spacial score (nSPS) is 12.6. The topological polar surface area (TPSA) is 113 Å². The molecule has 1 unspecified atom stereocenters. The van der Waals surface area contributed by atoms with E-state index in [1.807, 2.05) is 61.5 Å². The summed E-state index contributed by atoms with van der Waals surface area (Å²) in [5.74, 6) is -1.83. The maximum absolute atomic E-state index is 13.9. The number of nitrogens with one attached hydrogen (secondary N) is 2. The maximum Gasteiger partial charge on any atom is 0.266 e. The van der Waals surface area contributed by atoms with Crippen molar-refractivity contribution in [2.75, 3.05) is 17.6 Å². The third kappa shape index (κ3) is 10.8. The third-order valence-electron chi connectivity index (χ3n) is 7.45.